The number of fused-ring (bicyclic) bond motifs is 2. The monoisotopic (exact) mass is 834 g/mol. The number of benzene rings is 6. The number of nitrogens with one attached hydrogen (secondary N) is 1. The average molecular weight is 836 g/mol. The molecule has 0 radical (unpaired) electrons. The van der Waals surface area contributed by atoms with Crippen molar-refractivity contribution in [1.29, 1.82) is 5.26 Å². The third-order valence-electron chi connectivity index (χ3n) is 11.5. The normalized spacial score (nSPS) is 16.5. The largest absolute Gasteiger partial charge is 0.489 e. The van der Waals surface area contributed by atoms with Crippen molar-refractivity contribution in [2.45, 2.75) is 57.5 Å². The van der Waals surface area contributed by atoms with E-state index in [0.717, 1.165) is 45.4 Å². The molecule has 0 saturated carbocycles. The number of halogens is 2. The van der Waals surface area contributed by atoms with E-state index in [4.69, 9.17) is 37.9 Å². The van der Waals surface area contributed by atoms with Gasteiger partial charge in [-0.3, -0.25) is 14.5 Å². The Hall–Kier alpha value is -6.11. The van der Waals surface area contributed by atoms with Gasteiger partial charge in [-0.2, -0.15) is 5.26 Å². The molecule has 302 valence electrons. The topological polar surface area (TPSA) is 94.9 Å². The highest BCUT2D eigenvalue weighted by molar-refractivity contribution is 6.42. The number of anilines is 1. The lowest BCUT2D eigenvalue weighted by Gasteiger charge is -2.42. The van der Waals surface area contributed by atoms with Gasteiger partial charge in [0.05, 0.1) is 33.4 Å². The number of nitrogens with zero attached hydrogens (tertiary/aromatic N) is 3. The molecule has 1 N–H and O–H groups in total. The molecule has 0 aliphatic carbocycles. The molecule has 0 bridgehead atoms. The first-order valence-corrected chi connectivity index (χ1v) is 20.9. The van der Waals surface area contributed by atoms with Gasteiger partial charge in [0.15, 0.2) is 0 Å². The molecule has 3 unspecified atom stereocenters. The molecule has 2 aliphatic heterocycles. The van der Waals surface area contributed by atoms with Crippen LogP contribution in [0.4, 0.5) is 5.69 Å². The van der Waals surface area contributed by atoms with Crippen LogP contribution in [0.5, 0.6) is 11.5 Å². The molecule has 60 heavy (non-hydrogen) atoms. The van der Waals surface area contributed by atoms with E-state index in [0.29, 0.717) is 70.9 Å². The van der Waals surface area contributed by atoms with E-state index in [-0.39, 0.29) is 17.9 Å². The third-order valence-corrected chi connectivity index (χ3v) is 12.2. The second-order valence-corrected chi connectivity index (χ2v) is 16.1. The molecule has 8 nitrogen and oxygen atoms in total. The molecule has 8 rings (SSSR count). The van der Waals surface area contributed by atoms with Gasteiger partial charge >= 0.3 is 0 Å². The van der Waals surface area contributed by atoms with E-state index in [9.17, 15) is 9.59 Å². The molecule has 2 amide bonds. The van der Waals surface area contributed by atoms with Crippen LogP contribution in [0.3, 0.4) is 0 Å². The van der Waals surface area contributed by atoms with Gasteiger partial charge in [-0.05, 0) is 107 Å². The van der Waals surface area contributed by atoms with E-state index in [1.165, 1.54) is 0 Å². The highest BCUT2D eigenvalue weighted by atomic mass is 35.5. The minimum Gasteiger partial charge on any atom is -0.489 e. The Bertz CT molecular complexity index is 2540. The number of hydrogen-bond donors (Lipinski definition) is 1. The summed E-state index contributed by atoms with van der Waals surface area (Å²) >= 11 is 12.2. The van der Waals surface area contributed by atoms with E-state index in [1.54, 1.807) is 24.1 Å². The lowest BCUT2D eigenvalue weighted by Crippen LogP contribution is -2.51. The van der Waals surface area contributed by atoms with Gasteiger partial charge in [0.25, 0.3) is 5.91 Å². The molecule has 3 atom stereocenters. The summed E-state index contributed by atoms with van der Waals surface area (Å²) in [4.78, 5) is 32.0. The van der Waals surface area contributed by atoms with Gasteiger partial charge in [0.1, 0.15) is 18.1 Å². The number of likely N-dealkylation sites (N-methyl/N-ethyl adjacent to an activating group) is 1. The van der Waals surface area contributed by atoms with Gasteiger partial charge in [0, 0.05) is 31.7 Å². The summed E-state index contributed by atoms with van der Waals surface area (Å²) < 4.78 is 12.5. The number of carbonyl (C=O) groups is 2. The molecule has 0 saturated heterocycles. The van der Waals surface area contributed by atoms with Crippen molar-refractivity contribution in [3.05, 3.63) is 182 Å². The van der Waals surface area contributed by atoms with Crippen molar-refractivity contribution in [2.24, 2.45) is 0 Å². The summed E-state index contributed by atoms with van der Waals surface area (Å²) in [6.07, 6.45) is 1.17. The Morgan fingerprint density at radius 3 is 2.25 bits per heavy atom. The van der Waals surface area contributed by atoms with Crippen LogP contribution >= 0.6 is 23.2 Å². The fourth-order valence-electron chi connectivity index (χ4n) is 8.15. The molecular formula is C50H44Cl2N4O4. The van der Waals surface area contributed by atoms with E-state index in [2.05, 4.69) is 65.7 Å². The zero-order valence-electron chi connectivity index (χ0n) is 33.4. The van der Waals surface area contributed by atoms with Crippen LogP contribution in [0.25, 0.3) is 11.1 Å². The predicted molar refractivity (Wildman–Crippen MR) is 236 cm³/mol. The Morgan fingerprint density at radius 2 is 1.57 bits per heavy atom. The Labute approximate surface area is 360 Å². The van der Waals surface area contributed by atoms with Gasteiger partial charge in [-0.1, -0.05) is 115 Å². The van der Waals surface area contributed by atoms with Crippen LogP contribution in [-0.4, -0.2) is 36.3 Å². The first-order chi connectivity index (χ1) is 29.2. The minimum absolute atomic E-state index is 0.0104. The summed E-state index contributed by atoms with van der Waals surface area (Å²) in [5, 5.41) is 13.4. The van der Waals surface area contributed by atoms with Crippen molar-refractivity contribution in [3.63, 3.8) is 0 Å². The van der Waals surface area contributed by atoms with Crippen LogP contribution in [0.1, 0.15) is 64.4 Å². The maximum absolute atomic E-state index is 14.2. The predicted octanol–water partition coefficient (Wildman–Crippen LogP) is 10.4. The number of hydrogen-bond acceptors (Lipinski definition) is 6. The van der Waals surface area contributed by atoms with Gasteiger partial charge < -0.3 is 19.7 Å². The fourth-order valence-corrected chi connectivity index (χ4v) is 8.47. The molecule has 6 aromatic carbocycles. The molecule has 2 heterocycles. The maximum Gasteiger partial charge on any atom is 0.272 e. The lowest BCUT2D eigenvalue weighted by atomic mass is 9.88. The van der Waals surface area contributed by atoms with Crippen LogP contribution < -0.4 is 19.7 Å². The Balaban J connectivity index is 0.981. The van der Waals surface area contributed by atoms with Crippen molar-refractivity contribution in [3.8, 4) is 28.7 Å². The van der Waals surface area contributed by atoms with E-state index >= 15 is 0 Å². The lowest BCUT2D eigenvalue weighted by molar-refractivity contribution is -0.128. The van der Waals surface area contributed by atoms with Crippen molar-refractivity contribution < 1.29 is 19.1 Å². The SMILES string of the molecule is CCC(c1ccccc1)N1Cc2cc3c(cc2CC1C(=O)NCCc1ccc(-c2ccc(C#N)cc2)cc1)N(C)C(=O)C(c1ccc(OCc2ccc(Cl)c(Cl)c2)cc1)O3. The summed E-state index contributed by atoms with van der Waals surface area (Å²) in [6.45, 7) is 3.52. The number of rotatable bonds is 12. The number of ether oxygens (including phenoxy) is 2. The summed E-state index contributed by atoms with van der Waals surface area (Å²) in [5.74, 6) is 1.07. The van der Waals surface area contributed by atoms with Crippen LogP contribution in [0.2, 0.25) is 10.0 Å². The summed E-state index contributed by atoms with van der Waals surface area (Å²) in [5.41, 5.74) is 9.42. The highest BCUT2D eigenvalue weighted by Gasteiger charge is 2.39. The van der Waals surface area contributed by atoms with Crippen molar-refractivity contribution in [1.82, 2.24) is 10.2 Å². The molecule has 6 aromatic rings. The number of nitriles is 1. The smallest absolute Gasteiger partial charge is 0.272 e. The molecule has 0 aromatic heterocycles. The molecule has 0 fully saturated rings. The molecule has 2 aliphatic rings. The van der Waals surface area contributed by atoms with Gasteiger partial charge in [-0.15, -0.1) is 0 Å². The minimum atomic E-state index is -0.831. The average Bonchev–Trinajstić information content (AvgIpc) is 3.28. The van der Waals surface area contributed by atoms with Gasteiger partial charge in [0.2, 0.25) is 12.0 Å². The van der Waals surface area contributed by atoms with E-state index < -0.39 is 12.1 Å². The number of carbonyl (C=O) groups excluding carboxylic acids is 2. The zero-order chi connectivity index (χ0) is 41.8. The quantitative estimate of drug-likeness (QED) is 0.132. The first-order valence-electron chi connectivity index (χ1n) is 20.1. The summed E-state index contributed by atoms with van der Waals surface area (Å²) in [6, 6.07) is 44.8. The molecular weight excluding hydrogens is 791 g/mol. The zero-order valence-corrected chi connectivity index (χ0v) is 34.9. The van der Waals surface area contributed by atoms with E-state index in [1.807, 2.05) is 78.9 Å². The first kappa shape index (κ1) is 40.7. The van der Waals surface area contributed by atoms with Crippen LogP contribution in [0, 0.1) is 11.3 Å². The Kier molecular flexibility index (Phi) is 12.2. The van der Waals surface area contributed by atoms with Crippen molar-refractivity contribution in [2.75, 3.05) is 18.5 Å². The van der Waals surface area contributed by atoms with Crippen molar-refractivity contribution >= 4 is 40.7 Å². The second kappa shape index (κ2) is 18.0. The highest BCUT2D eigenvalue weighted by Crippen LogP contribution is 2.43. The molecule has 0 spiro atoms. The summed E-state index contributed by atoms with van der Waals surface area (Å²) in [7, 11) is 1.77. The second-order valence-electron chi connectivity index (χ2n) is 15.2. The molecule has 10 heteroatoms. The van der Waals surface area contributed by atoms with Crippen LogP contribution in [-0.2, 0) is 35.6 Å². The maximum atomic E-state index is 14.2. The van der Waals surface area contributed by atoms with Crippen LogP contribution in [0.15, 0.2) is 133 Å². The fraction of sp³-hybridized carbons (Fsp3) is 0.220. The number of amides is 2. The standard InChI is InChI=1S/C50H44Cl2N4O4/c1-3-44(37-7-5-4-6-8-37)56-30-40-28-47-45(55(2)50(58)48(60-47)38-18-20-41(21-19-38)59-31-34-13-22-42(51)43(52)25-34)26-39(40)27-46(56)49(57)54-24-23-32-9-14-35(15-10-32)36-16-11-33(29-53)12-17-36/h4-22,25-26,28,44,46,48H,3,23-24,27,30-31H2,1-2H3,(H,54,57). The Morgan fingerprint density at radius 1 is 0.867 bits per heavy atom. The third kappa shape index (κ3) is 8.76. The van der Waals surface area contributed by atoms with Gasteiger partial charge in [-0.25, -0.2) is 0 Å².